The first kappa shape index (κ1) is 62.6. The van der Waals surface area contributed by atoms with Gasteiger partial charge in [-0.3, -0.25) is 38.4 Å². The largest absolute Gasteiger partial charge is 0.391 e. The first-order valence-electron chi connectivity index (χ1n) is 27.5. The predicted molar refractivity (Wildman–Crippen MR) is 322 cm³/mol. The summed E-state index contributed by atoms with van der Waals surface area (Å²) in [6.45, 7) is 5.90. The number of carbonyl (C=O) groups excluding carboxylic acids is 8. The van der Waals surface area contributed by atoms with Crippen LogP contribution in [0.15, 0.2) is 146 Å². The number of nitrogens with two attached hydrogens (primary N) is 2. The van der Waals surface area contributed by atoms with Crippen LogP contribution >= 0.6 is 21.6 Å². The lowest BCUT2D eigenvalue weighted by atomic mass is 9.99. The SMILES string of the molecule is CC(C)NCc1ccc(C[C@@H]2NC(=O)[C@@H](Cc3c[nH]c4ccccc34)NC(=O)[C@H](Cc3ccccc3)NC(=O)[C@@H](NC(=O)[C@H](N)Cc3ccccc3)CSSC[C@@H](C(=O)N[C@H](C(N)=O)[C@@H](C)O)NC(=O)[C@H](Cc3ccccc3)NC2=O)cc1. The van der Waals surface area contributed by atoms with Crippen LogP contribution in [0.25, 0.3) is 10.9 Å². The second-order valence-electron chi connectivity index (χ2n) is 20.9. The van der Waals surface area contributed by atoms with Crippen molar-refractivity contribution in [3.63, 3.8) is 0 Å². The standard InChI is InChI=1S/C61H73N11O9S2/c1-36(2)64-32-42-25-23-41(24-26-42)30-49-56(76)66-48(29-40-19-11-6-12-20-40)58(78)71-52(61(81)72-53(37(3)73)54(63)74)35-83-82-34-51(70-55(75)45(62)27-38-15-7-4-8-16-38)60(80)68-47(28-39-17-9-5-10-18-39)57(77)69-50(59(79)67-49)31-43-33-65-46-22-14-13-21-44(43)46/h4-26,33,36-37,45,47-53,64-65,73H,27-32,34-35,62H2,1-3H3,(H2,63,74)(H,66,76)(H,67,79)(H,68,80)(H,69,77)(H,70,75)(H,71,78)(H,72,81)/t37-,45-,47+,48+,49+,50-,51+,52+,53+/m1/s1. The van der Waals surface area contributed by atoms with Crippen molar-refractivity contribution in [2.24, 2.45) is 11.5 Å². The summed E-state index contributed by atoms with van der Waals surface area (Å²) in [5, 5.41) is 34.1. The highest BCUT2D eigenvalue weighted by molar-refractivity contribution is 8.76. The van der Waals surface area contributed by atoms with E-state index in [0.29, 0.717) is 28.8 Å². The van der Waals surface area contributed by atoms with Gasteiger partial charge in [0.05, 0.1) is 12.1 Å². The van der Waals surface area contributed by atoms with E-state index in [1.807, 2.05) is 92.7 Å². The Bertz CT molecular complexity index is 3150. The minimum atomic E-state index is -1.56. The molecule has 0 bridgehead atoms. The van der Waals surface area contributed by atoms with Gasteiger partial charge in [-0.15, -0.1) is 0 Å². The van der Waals surface area contributed by atoms with Crippen LogP contribution in [-0.4, -0.2) is 129 Å². The molecule has 5 aromatic carbocycles. The summed E-state index contributed by atoms with van der Waals surface area (Å²) < 4.78 is 0. The van der Waals surface area contributed by atoms with Crippen molar-refractivity contribution in [3.05, 3.63) is 179 Å². The monoisotopic (exact) mass is 1170 g/mol. The number of H-pyrrole nitrogens is 1. The van der Waals surface area contributed by atoms with Crippen molar-refractivity contribution in [2.45, 2.75) is 120 Å². The van der Waals surface area contributed by atoms with Crippen LogP contribution in [0.5, 0.6) is 0 Å². The van der Waals surface area contributed by atoms with Crippen LogP contribution in [0.4, 0.5) is 0 Å². The fourth-order valence-electron chi connectivity index (χ4n) is 9.29. The van der Waals surface area contributed by atoms with Gasteiger partial charge >= 0.3 is 0 Å². The molecule has 0 aliphatic carbocycles. The molecule has 83 heavy (non-hydrogen) atoms. The fraction of sp³-hybridized carbons (Fsp3) is 0.344. The Kier molecular flexibility index (Phi) is 23.3. The van der Waals surface area contributed by atoms with Gasteiger partial charge in [0.2, 0.25) is 47.3 Å². The molecule has 20 nitrogen and oxygen atoms in total. The molecule has 7 rings (SSSR count). The molecular formula is C61H73N11O9S2. The maximum atomic E-state index is 15.2. The molecule has 0 unspecified atom stereocenters. The van der Waals surface area contributed by atoms with Crippen LogP contribution in [0.1, 0.15) is 54.2 Å². The smallest absolute Gasteiger partial charge is 0.244 e. The molecule has 0 saturated carbocycles. The van der Waals surface area contributed by atoms with Crippen molar-refractivity contribution in [1.29, 1.82) is 0 Å². The first-order chi connectivity index (χ1) is 39.9. The average Bonchev–Trinajstić information content (AvgIpc) is 4.18. The summed E-state index contributed by atoms with van der Waals surface area (Å²) in [6, 6.07) is 30.9. The summed E-state index contributed by atoms with van der Waals surface area (Å²) in [7, 11) is 2.07. The summed E-state index contributed by atoms with van der Waals surface area (Å²) >= 11 is 0. The van der Waals surface area contributed by atoms with Crippen LogP contribution in [0.3, 0.4) is 0 Å². The quantitative estimate of drug-likeness (QED) is 0.0519. The number of carbonyl (C=O) groups is 8. The number of para-hydroxylation sites is 1. The molecule has 438 valence electrons. The van der Waals surface area contributed by atoms with E-state index in [-0.39, 0.29) is 49.7 Å². The zero-order chi connectivity index (χ0) is 59.4. The molecule has 6 aromatic rings. The first-order valence-corrected chi connectivity index (χ1v) is 30.0. The number of aliphatic hydroxyl groups is 1. The van der Waals surface area contributed by atoms with Crippen molar-refractivity contribution >= 4 is 79.7 Å². The van der Waals surface area contributed by atoms with Crippen LogP contribution in [0.2, 0.25) is 0 Å². The van der Waals surface area contributed by atoms with E-state index >= 15 is 14.4 Å². The molecule has 2 heterocycles. The van der Waals surface area contributed by atoms with Gasteiger partial charge in [-0.25, -0.2) is 0 Å². The van der Waals surface area contributed by atoms with Crippen LogP contribution in [-0.2, 0) is 77.0 Å². The van der Waals surface area contributed by atoms with E-state index < -0.39 is 102 Å². The van der Waals surface area contributed by atoms with Crippen molar-refractivity contribution in [2.75, 3.05) is 11.5 Å². The molecule has 22 heteroatoms. The van der Waals surface area contributed by atoms with Crippen LogP contribution < -0.4 is 54.0 Å². The Morgan fingerprint density at radius 3 is 1.57 bits per heavy atom. The average molecular weight is 1170 g/mol. The maximum Gasteiger partial charge on any atom is 0.244 e. The second kappa shape index (κ2) is 30.9. The van der Waals surface area contributed by atoms with Gasteiger partial charge in [0.25, 0.3) is 0 Å². The van der Waals surface area contributed by atoms with E-state index in [1.54, 1.807) is 66.9 Å². The number of hydrogen-bond acceptors (Lipinski definition) is 13. The van der Waals surface area contributed by atoms with Gasteiger partial charge in [0, 0.05) is 66.9 Å². The highest BCUT2D eigenvalue weighted by atomic mass is 33.1. The molecule has 1 aliphatic rings. The van der Waals surface area contributed by atoms with E-state index in [1.165, 1.54) is 6.92 Å². The van der Waals surface area contributed by atoms with Gasteiger partial charge in [-0.1, -0.05) is 169 Å². The number of amides is 8. The van der Waals surface area contributed by atoms with Gasteiger partial charge < -0.3 is 64.1 Å². The number of aliphatic hydroxyl groups excluding tert-OH is 1. The maximum absolute atomic E-state index is 15.2. The zero-order valence-corrected chi connectivity index (χ0v) is 48.1. The number of rotatable bonds is 19. The summed E-state index contributed by atoms with van der Waals surface area (Å²) in [6.07, 6.45) is 0.124. The molecule has 0 spiro atoms. The van der Waals surface area contributed by atoms with Gasteiger partial charge in [0.15, 0.2) is 0 Å². The van der Waals surface area contributed by atoms with Gasteiger partial charge in [-0.05, 0) is 52.8 Å². The van der Waals surface area contributed by atoms with E-state index in [0.717, 1.165) is 43.6 Å². The van der Waals surface area contributed by atoms with Crippen molar-refractivity contribution < 1.29 is 43.5 Å². The highest BCUT2D eigenvalue weighted by Crippen LogP contribution is 2.25. The third-order valence-electron chi connectivity index (χ3n) is 13.9. The molecule has 1 saturated heterocycles. The lowest BCUT2D eigenvalue weighted by Crippen LogP contribution is -2.62. The normalized spacial score (nSPS) is 20.8. The van der Waals surface area contributed by atoms with Crippen LogP contribution in [0, 0.1) is 0 Å². The topological polar surface area (TPSA) is 321 Å². The zero-order valence-electron chi connectivity index (χ0n) is 46.5. The van der Waals surface area contributed by atoms with E-state index in [2.05, 4.69) is 47.5 Å². The molecule has 1 fully saturated rings. The minimum absolute atomic E-state index is 0.0539. The molecule has 1 aliphatic heterocycles. The van der Waals surface area contributed by atoms with Crippen molar-refractivity contribution in [3.8, 4) is 0 Å². The molecular weight excluding hydrogens is 1090 g/mol. The lowest BCUT2D eigenvalue weighted by molar-refractivity contribution is -0.135. The van der Waals surface area contributed by atoms with Crippen molar-refractivity contribution in [1.82, 2.24) is 47.5 Å². The van der Waals surface area contributed by atoms with Gasteiger partial charge in [0.1, 0.15) is 42.3 Å². The number of aromatic nitrogens is 1. The van der Waals surface area contributed by atoms with E-state index in [9.17, 15) is 29.1 Å². The van der Waals surface area contributed by atoms with E-state index in [4.69, 9.17) is 11.5 Å². The third-order valence-corrected chi connectivity index (χ3v) is 16.3. The Morgan fingerprint density at radius 1 is 0.578 bits per heavy atom. The Balaban J connectivity index is 1.31. The minimum Gasteiger partial charge on any atom is -0.391 e. The number of aromatic amines is 1. The number of fused-ring (bicyclic) bond motifs is 1. The molecule has 1 aromatic heterocycles. The highest BCUT2D eigenvalue weighted by Gasteiger charge is 2.36. The Morgan fingerprint density at radius 2 is 1.04 bits per heavy atom. The number of primary amides is 1. The molecule has 9 atom stereocenters. The second-order valence-corrected chi connectivity index (χ2v) is 23.4. The molecule has 0 radical (unpaired) electrons. The molecule has 8 amide bonds. The Labute approximate surface area is 490 Å². The number of hydrogen-bond donors (Lipinski definition) is 12. The summed E-state index contributed by atoms with van der Waals surface area (Å²) in [5.74, 6) is -6.93. The number of nitrogens with one attached hydrogen (secondary N) is 9. The number of benzene rings is 5. The predicted octanol–water partition coefficient (Wildman–Crippen LogP) is 2.16. The summed E-state index contributed by atoms with van der Waals surface area (Å²) in [5.41, 5.74) is 17.1. The third kappa shape index (κ3) is 19.0. The molecule has 14 N–H and O–H groups in total. The Hall–Kier alpha value is -8.02. The van der Waals surface area contributed by atoms with Gasteiger partial charge in [-0.2, -0.15) is 0 Å². The lowest BCUT2D eigenvalue weighted by Gasteiger charge is -2.29. The fourth-order valence-corrected chi connectivity index (χ4v) is 11.6. The summed E-state index contributed by atoms with van der Waals surface area (Å²) in [4.78, 5) is 119.